The molecule has 0 saturated carbocycles. The van der Waals surface area contributed by atoms with Crippen molar-refractivity contribution in [2.24, 2.45) is 0 Å². The second-order valence-electron chi connectivity index (χ2n) is 7.14. The van der Waals surface area contributed by atoms with Crippen LogP contribution < -0.4 is 10.2 Å². The first-order valence-corrected chi connectivity index (χ1v) is 9.43. The zero-order valence-corrected chi connectivity index (χ0v) is 15.2. The van der Waals surface area contributed by atoms with E-state index in [2.05, 4.69) is 40.0 Å². The smallest absolute Gasteiger partial charge is 0.224 e. The molecule has 0 bridgehead atoms. The first kappa shape index (κ1) is 17.2. The minimum Gasteiger partial charge on any atom is -0.356 e. The van der Waals surface area contributed by atoms with Crippen molar-refractivity contribution in [3.8, 4) is 0 Å². The quantitative estimate of drug-likeness (QED) is 0.840. The Morgan fingerprint density at radius 2 is 2.04 bits per heavy atom. The van der Waals surface area contributed by atoms with Crippen molar-refractivity contribution in [2.75, 3.05) is 42.9 Å². The fourth-order valence-corrected chi connectivity index (χ4v) is 3.62. The second-order valence-corrected chi connectivity index (χ2v) is 7.14. The van der Waals surface area contributed by atoms with E-state index in [1.165, 1.54) is 31.3 Å². The van der Waals surface area contributed by atoms with Gasteiger partial charge in [-0.25, -0.2) is 4.98 Å². The largest absolute Gasteiger partial charge is 0.356 e. The Labute approximate surface area is 146 Å². The molecular weight excluding hydrogens is 298 g/mol. The lowest BCUT2D eigenvalue weighted by Gasteiger charge is -2.22. The van der Waals surface area contributed by atoms with E-state index in [0.29, 0.717) is 6.04 Å². The van der Waals surface area contributed by atoms with Crippen molar-refractivity contribution < 1.29 is 0 Å². The molecule has 0 aliphatic carbocycles. The molecule has 1 atom stereocenters. The van der Waals surface area contributed by atoms with Gasteiger partial charge < -0.3 is 10.2 Å². The van der Waals surface area contributed by atoms with Gasteiger partial charge in [0.15, 0.2) is 0 Å². The monoisotopic (exact) mass is 329 g/mol. The summed E-state index contributed by atoms with van der Waals surface area (Å²) in [6.07, 6.45) is 10.5. The molecule has 0 radical (unpaired) electrons. The second kappa shape index (κ2) is 8.47. The summed E-state index contributed by atoms with van der Waals surface area (Å²) in [6, 6.07) is 2.50. The average molecular weight is 329 g/mol. The zero-order chi connectivity index (χ0) is 16.8. The van der Waals surface area contributed by atoms with Crippen molar-refractivity contribution in [3.05, 3.63) is 23.9 Å². The van der Waals surface area contributed by atoms with Gasteiger partial charge in [-0.3, -0.25) is 4.90 Å². The predicted octanol–water partition coefficient (Wildman–Crippen LogP) is 3.31. The summed E-state index contributed by atoms with van der Waals surface area (Å²) in [4.78, 5) is 14.1. The Bertz CT molecular complexity index is 548. The minimum atomic E-state index is 0.453. The number of nitrogens with zero attached hydrogens (tertiary/aromatic N) is 4. The molecule has 0 amide bonds. The van der Waals surface area contributed by atoms with Crippen LogP contribution in [0.15, 0.2) is 23.9 Å². The van der Waals surface area contributed by atoms with Crippen LogP contribution in [0, 0.1) is 0 Å². The number of hydrogen-bond acceptors (Lipinski definition) is 5. The van der Waals surface area contributed by atoms with E-state index < -0.39 is 0 Å². The van der Waals surface area contributed by atoms with Crippen molar-refractivity contribution >= 4 is 11.8 Å². The van der Waals surface area contributed by atoms with Gasteiger partial charge in [0.05, 0.1) is 0 Å². The standard InChI is InChI=1S/C19H31N5/c1-3-16(2)14-23-13-9-17(15-23)21-19-20-10-8-18(22-19)24-11-6-4-5-7-12-24/h3,8,10,17H,4-7,9,11-15H2,1-2H3,(H,20,21,22). The summed E-state index contributed by atoms with van der Waals surface area (Å²) in [7, 11) is 0. The lowest BCUT2D eigenvalue weighted by atomic mass is 10.2. The first-order valence-electron chi connectivity index (χ1n) is 9.43. The molecule has 3 rings (SSSR count). The highest BCUT2D eigenvalue weighted by atomic mass is 15.3. The Balaban J connectivity index is 1.57. The van der Waals surface area contributed by atoms with Gasteiger partial charge in [0.25, 0.3) is 0 Å². The van der Waals surface area contributed by atoms with Crippen molar-refractivity contribution in [2.45, 2.75) is 52.0 Å². The van der Waals surface area contributed by atoms with Crippen molar-refractivity contribution in [1.82, 2.24) is 14.9 Å². The van der Waals surface area contributed by atoms with Gasteiger partial charge in [0.2, 0.25) is 5.95 Å². The predicted molar refractivity (Wildman–Crippen MR) is 101 cm³/mol. The van der Waals surface area contributed by atoms with Gasteiger partial charge in [0.1, 0.15) is 5.82 Å². The number of allylic oxidation sites excluding steroid dienone is 1. The molecule has 2 fully saturated rings. The summed E-state index contributed by atoms with van der Waals surface area (Å²) in [5.74, 6) is 1.86. The average Bonchev–Trinajstić information content (AvgIpc) is 2.86. The van der Waals surface area contributed by atoms with Crippen LogP contribution in [0.2, 0.25) is 0 Å². The molecule has 132 valence electrons. The molecule has 1 aromatic rings. The van der Waals surface area contributed by atoms with E-state index >= 15 is 0 Å². The van der Waals surface area contributed by atoms with Gasteiger partial charge in [-0.2, -0.15) is 4.98 Å². The van der Waals surface area contributed by atoms with Crippen LogP contribution in [-0.4, -0.2) is 53.6 Å². The number of anilines is 2. The molecule has 0 aromatic carbocycles. The van der Waals surface area contributed by atoms with E-state index in [0.717, 1.165) is 50.9 Å². The molecule has 24 heavy (non-hydrogen) atoms. The third-order valence-corrected chi connectivity index (χ3v) is 5.14. The molecular formula is C19H31N5. The van der Waals surface area contributed by atoms with Crippen LogP contribution in [0.25, 0.3) is 0 Å². The third kappa shape index (κ3) is 4.69. The summed E-state index contributed by atoms with van der Waals surface area (Å²) in [6.45, 7) is 9.85. The molecule has 1 aromatic heterocycles. The van der Waals surface area contributed by atoms with Crippen molar-refractivity contribution in [3.63, 3.8) is 0 Å². The topological polar surface area (TPSA) is 44.3 Å². The van der Waals surface area contributed by atoms with E-state index in [4.69, 9.17) is 4.98 Å². The van der Waals surface area contributed by atoms with Gasteiger partial charge >= 0.3 is 0 Å². The Morgan fingerprint density at radius 1 is 1.25 bits per heavy atom. The minimum absolute atomic E-state index is 0.453. The number of hydrogen-bond donors (Lipinski definition) is 1. The maximum absolute atomic E-state index is 4.78. The normalized spacial score (nSPS) is 23.3. The maximum atomic E-state index is 4.78. The molecule has 5 nitrogen and oxygen atoms in total. The van der Waals surface area contributed by atoms with Gasteiger partial charge in [-0.15, -0.1) is 0 Å². The maximum Gasteiger partial charge on any atom is 0.224 e. The number of rotatable bonds is 5. The van der Waals surface area contributed by atoms with E-state index in [1.54, 1.807) is 0 Å². The summed E-state index contributed by atoms with van der Waals surface area (Å²) < 4.78 is 0. The first-order chi connectivity index (χ1) is 11.7. The van der Waals surface area contributed by atoms with E-state index in [-0.39, 0.29) is 0 Å². The van der Waals surface area contributed by atoms with Crippen LogP contribution in [0.4, 0.5) is 11.8 Å². The molecule has 3 heterocycles. The van der Waals surface area contributed by atoms with Gasteiger partial charge in [0, 0.05) is 45.0 Å². The highest BCUT2D eigenvalue weighted by molar-refractivity contribution is 5.43. The highest BCUT2D eigenvalue weighted by Gasteiger charge is 2.23. The van der Waals surface area contributed by atoms with E-state index in [1.807, 2.05) is 12.3 Å². The molecule has 2 aliphatic rings. The molecule has 0 spiro atoms. The molecule has 1 N–H and O–H groups in total. The van der Waals surface area contributed by atoms with Crippen LogP contribution >= 0.6 is 0 Å². The van der Waals surface area contributed by atoms with Crippen LogP contribution in [-0.2, 0) is 0 Å². The Hall–Kier alpha value is -1.62. The van der Waals surface area contributed by atoms with Crippen LogP contribution in [0.5, 0.6) is 0 Å². The van der Waals surface area contributed by atoms with Crippen LogP contribution in [0.3, 0.4) is 0 Å². The Morgan fingerprint density at radius 3 is 2.79 bits per heavy atom. The number of likely N-dealkylation sites (tertiary alicyclic amines) is 1. The van der Waals surface area contributed by atoms with Gasteiger partial charge in [-0.05, 0) is 39.2 Å². The molecule has 2 aliphatic heterocycles. The molecule has 2 saturated heterocycles. The lowest BCUT2D eigenvalue weighted by Crippen LogP contribution is -2.29. The van der Waals surface area contributed by atoms with E-state index in [9.17, 15) is 0 Å². The lowest BCUT2D eigenvalue weighted by molar-refractivity contribution is 0.365. The molecule has 1 unspecified atom stereocenters. The Kier molecular flexibility index (Phi) is 6.07. The third-order valence-electron chi connectivity index (χ3n) is 5.14. The summed E-state index contributed by atoms with van der Waals surface area (Å²) in [5.41, 5.74) is 1.44. The van der Waals surface area contributed by atoms with Crippen LogP contribution in [0.1, 0.15) is 46.0 Å². The summed E-state index contributed by atoms with van der Waals surface area (Å²) >= 11 is 0. The van der Waals surface area contributed by atoms with Crippen molar-refractivity contribution in [1.29, 1.82) is 0 Å². The SMILES string of the molecule is CC=C(C)CN1CCC(Nc2nccc(N3CCCCCC3)n2)C1. The number of nitrogens with one attached hydrogen (secondary N) is 1. The summed E-state index contributed by atoms with van der Waals surface area (Å²) in [5, 5.41) is 3.55. The number of aromatic nitrogens is 2. The fraction of sp³-hybridized carbons (Fsp3) is 0.684. The van der Waals surface area contributed by atoms with Gasteiger partial charge in [-0.1, -0.05) is 24.5 Å². The zero-order valence-electron chi connectivity index (χ0n) is 15.2. The fourth-order valence-electron chi connectivity index (χ4n) is 3.62. The highest BCUT2D eigenvalue weighted by Crippen LogP contribution is 2.19. The molecule has 5 heteroatoms.